The third kappa shape index (κ3) is 3.87. The number of nitrogens with one attached hydrogen (secondary N) is 1. The van der Waals surface area contributed by atoms with Crippen molar-refractivity contribution in [2.75, 3.05) is 13.1 Å². The number of aromatic nitrogens is 2. The molecule has 2 aromatic heterocycles. The molecule has 1 aliphatic heterocycles. The number of carbonyl (C=O) groups excluding carboxylic acids is 1. The average molecular weight is 330 g/mol. The van der Waals surface area contributed by atoms with Crippen molar-refractivity contribution in [1.82, 2.24) is 20.0 Å². The van der Waals surface area contributed by atoms with Crippen LogP contribution in [0.2, 0.25) is 0 Å². The number of likely N-dealkylation sites (tertiary alicyclic amines) is 1. The van der Waals surface area contributed by atoms with Crippen molar-refractivity contribution in [3.63, 3.8) is 0 Å². The monoisotopic (exact) mass is 330 g/mol. The molecular formula is C18H26N4O2. The lowest BCUT2D eigenvalue weighted by molar-refractivity contribution is -0.127. The van der Waals surface area contributed by atoms with Crippen LogP contribution in [0.25, 0.3) is 0 Å². The van der Waals surface area contributed by atoms with E-state index in [4.69, 9.17) is 4.42 Å². The van der Waals surface area contributed by atoms with Gasteiger partial charge in [-0.05, 0) is 51.9 Å². The van der Waals surface area contributed by atoms with Crippen LogP contribution in [-0.4, -0.2) is 33.7 Å². The van der Waals surface area contributed by atoms with Gasteiger partial charge in [-0.3, -0.25) is 14.4 Å². The van der Waals surface area contributed by atoms with E-state index in [0.717, 1.165) is 49.5 Å². The van der Waals surface area contributed by atoms with Gasteiger partial charge in [0.2, 0.25) is 5.91 Å². The maximum absolute atomic E-state index is 12.5. The lowest BCUT2D eigenvalue weighted by Gasteiger charge is -2.31. The topological polar surface area (TPSA) is 63.3 Å². The molecule has 6 nitrogen and oxygen atoms in total. The van der Waals surface area contributed by atoms with E-state index in [1.807, 2.05) is 39.2 Å². The predicted molar refractivity (Wildman–Crippen MR) is 91.2 cm³/mol. The van der Waals surface area contributed by atoms with Gasteiger partial charge in [0, 0.05) is 24.7 Å². The van der Waals surface area contributed by atoms with Gasteiger partial charge in [-0.2, -0.15) is 5.10 Å². The minimum Gasteiger partial charge on any atom is -0.468 e. The number of nitrogens with zero attached hydrogens (tertiary/aromatic N) is 3. The zero-order valence-corrected chi connectivity index (χ0v) is 14.7. The van der Waals surface area contributed by atoms with Crippen LogP contribution in [-0.2, 0) is 18.4 Å². The molecule has 1 fully saturated rings. The molecule has 2 aromatic rings. The summed E-state index contributed by atoms with van der Waals surface area (Å²) in [5.41, 5.74) is 2.06. The fourth-order valence-electron chi connectivity index (χ4n) is 3.43. The van der Waals surface area contributed by atoms with Gasteiger partial charge in [-0.15, -0.1) is 0 Å². The normalized spacial score (nSPS) is 17.8. The molecule has 0 aromatic carbocycles. The predicted octanol–water partition coefficient (Wildman–Crippen LogP) is 2.41. The standard InChI is InChI=1S/C18H26N4O2/c1-13(17-12-21(3)20-14(17)2)19-18(23)15-6-8-22(9-7-15)11-16-5-4-10-24-16/h4-5,10,12-13,15H,6-9,11H2,1-3H3,(H,19,23)/t13-/m1/s1. The Bertz CT molecular complexity index is 669. The Kier molecular flexibility index (Phi) is 5.04. The second-order valence-corrected chi connectivity index (χ2v) is 6.70. The first-order valence-corrected chi connectivity index (χ1v) is 8.58. The molecule has 3 rings (SSSR count). The van der Waals surface area contributed by atoms with Crippen LogP contribution in [0.4, 0.5) is 0 Å². The Balaban J connectivity index is 1.49. The Morgan fingerprint density at radius 1 is 1.46 bits per heavy atom. The van der Waals surface area contributed by atoms with Crippen LogP contribution in [0.1, 0.15) is 42.8 Å². The first-order chi connectivity index (χ1) is 11.5. The number of hydrogen-bond acceptors (Lipinski definition) is 4. The summed E-state index contributed by atoms with van der Waals surface area (Å²) in [6.45, 7) is 6.68. The summed E-state index contributed by atoms with van der Waals surface area (Å²) < 4.78 is 7.19. The van der Waals surface area contributed by atoms with Gasteiger partial charge in [-0.1, -0.05) is 0 Å². The van der Waals surface area contributed by atoms with Crippen LogP contribution < -0.4 is 5.32 Å². The number of carbonyl (C=O) groups is 1. The molecule has 1 N–H and O–H groups in total. The Hall–Kier alpha value is -2.08. The lowest BCUT2D eigenvalue weighted by Crippen LogP contribution is -2.40. The molecule has 0 unspecified atom stereocenters. The number of aryl methyl sites for hydroxylation is 2. The summed E-state index contributed by atoms with van der Waals surface area (Å²) in [5.74, 6) is 1.24. The van der Waals surface area contributed by atoms with E-state index in [1.165, 1.54) is 0 Å². The van der Waals surface area contributed by atoms with Gasteiger partial charge in [0.25, 0.3) is 0 Å². The van der Waals surface area contributed by atoms with Gasteiger partial charge in [-0.25, -0.2) is 0 Å². The summed E-state index contributed by atoms with van der Waals surface area (Å²) in [4.78, 5) is 14.9. The highest BCUT2D eigenvalue weighted by Gasteiger charge is 2.26. The summed E-state index contributed by atoms with van der Waals surface area (Å²) in [5, 5.41) is 7.50. The van der Waals surface area contributed by atoms with Gasteiger partial charge in [0.05, 0.1) is 24.5 Å². The molecule has 24 heavy (non-hydrogen) atoms. The first-order valence-electron chi connectivity index (χ1n) is 8.58. The molecule has 0 saturated carbocycles. The molecule has 0 aliphatic carbocycles. The molecular weight excluding hydrogens is 304 g/mol. The van der Waals surface area contributed by atoms with E-state index in [-0.39, 0.29) is 17.9 Å². The summed E-state index contributed by atoms with van der Waals surface area (Å²) >= 11 is 0. The van der Waals surface area contributed by atoms with Crippen molar-refractivity contribution in [1.29, 1.82) is 0 Å². The highest BCUT2D eigenvalue weighted by Crippen LogP contribution is 2.22. The summed E-state index contributed by atoms with van der Waals surface area (Å²) in [7, 11) is 1.90. The molecule has 130 valence electrons. The van der Waals surface area contributed by atoms with Crippen LogP contribution in [0.5, 0.6) is 0 Å². The number of piperidine rings is 1. The smallest absolute Gasteiger partial charge is 0.223 e. The van der Waals surface area contributed by atoms with Crippen molar-refractivity contribution in [2.45, 2.75) is 39.3 Å². The number of rotatable bonds is 5. The molecule has 0 spiro atoms. The Labute approximate surface area is 142 Å². The lowest BCUT2D eigenvalue weighted by atomic mass is 9.95. The summed E-state index contributed by atoms with van der Waals surface area (Å²) in [6.07, 6.45) is 5.47. The highest BCUT2D eigenvalue weighted by atomic mass is 16.3. The van der Waals surface area contributed by atoms with Crippen molar-refractivity contribution >= 4 is 5.91 Å². The van der Waals surface area contributed by atoms with Gasteiger partial charge in [0.1, 0.15) is 5.76 Å². The van der Waals surface area contributed by atoms with Crippen LogP contribution >= 0.6 is 0 Å². The molecule has 1 saturated heterocycles. The molecule has 1 aliphatic rings. The van der Waals surface area contributed by atoms with E-state index in [2.05, 4.69) is 15.3 Å². The summed E-state index contributed by atoms with van der Waals surface area (Å²) in [6, 6.07) is 3.90. The maximum atomic E-state index is 12.5. The van der Waals surface area contributed by atoms with E-state index in [0.29, 0.717) is 0 Å². The van der Waals surface area contributed by atoms with Crippen LogP contribution in [0.3, 0.4) is 0 Å². The molecule has 1 atom stereocenters. The second kappa shape index (κ2) is 7.21. The molecule has 0 radical (unpaired) electrons. The zero-order chi connectivity index (χ0) is 17.1. The van der Waals surface area contributed by atoms with Crippen molar-refractivity contribution in [2.24, 2.45) is 13.0 Å². The first kappa shape index (κ1) is 16.8. The largest absolute Gasteiger partial charge is 0.468 e. The molecule has 3 heterocycles. The van der Waals surface area contributed by atoms with Gasteiger partial charge >= 0.3 is 0 Å². The highest BCUT2D eigenvalue weighted by molar-refractivity contribution is 5.79. The average Bonchev–Trinajstić information content (AvgIpc) is 3.17. The quantitative estimate of drug-likeness (QED) is 0.914. The maximum Gasteiger partial charge on any atom is 0.223 e. The minimum absolute atomic E-state index is 0.00708. The van der Waals surface area contributed by atoms with Crippen molar-refractivity contribution < 1.29 is 9.21 Å². The fraction of sp³-hybridized carbons (Fsp3) is 0.556. The van der Waals surface area contributed by atoms with Crippen molar-refractivity contribution in [3.05, 3.63) is 41.6 Å². The molecule has 0 bridgehead atoms. The third-order valence-electron chi connectivity index (χ3n) is 4.79. The van der Waals surface area contributed by atoms with Crippen LogP contribution in [0, 0.1) is 12.8 Å². The SMILES string of the molecule is Cc1nn(C)cc1[C@@H](C)NC(=O)C1CCN(Cc2ccco2)CC1. The number of hydrogen-bond donors (Lipinski definition) is 1. The van der Waals surface area contributed by atoms with E-state index in [9.17, 15) is 4.79 Å². The van der Waals surface area contributed by atoms with Crippen molar-refractivity contribution in [3.8, 4) is 0 Å². The minimum atomic E-state index is -0.00708. The van der Waals surface area contributed by atoms with E-state index in [1.54, 1.807) is 10.9 Å². The Morgan fingerprint density at radius 3 is 2.79 bits per heavy atom. The number of amides is 1. The van der Waals surface area contributed by atoms with E-state index < -0.39 is 0 Å². The third-order valence-corrected chi connectivity index (χ3v) is 4.79. The molecule has 6 heteroatoms. The van der Waals surface area contributed by atoms with Crippen LogP contribution in [0.15, 0.2) is 29.0 Å². The second-order valence-electron chi connectivity index (χ2n) is 6.70. The van der Waals surface area contributed by atoms with Gasteiger partial charge < -0.3 is 9.73 Å². The Morgan fingerprint density at radius 2 is 2.21 bits per heavy atom. The van der Waals surface area contributed by atoms with E-state index >= 15 is 0 Å². The number of furan rings is 1. The zero-order valence-electron chi connectivity index (χ0n) is 14.7. The fourth-order valence-corrected chi connectivity index (χ4v) is 3.43. The molecule has 1 amide bonds. The van der Waals surface area contributed by atoms with Gasteiger partial charge in [0.15, 0.2) is 0 Å².